The summed E-state index contributed by atoms with van der Waals surface area (Å²) in [4.78, 5) is 7.88. The molecule has 0 saturated heterocycles. The Morgan fingerprint density at radius 1 is 1.10 bits per heavy atom. The molecule has 4 rings (SSSR count). The molecule has 1 aromatic heterocycles. The quantitative estimate of drug-likeness (QED) is 0.694. The van der Waals surface area contributed by atoms with Gasteiger partial charge in [0.2, 0.25) is 0 Å². The van der Waals surface area contributed by atoms with Crippen LogP contribution in [0.3, 0.4) is 0 Å². The van der Waals surface area contributed by atoms with Crippen molar-refractivity contribution in [3.63, 3.8) is 0 Å². The van der Waals surface area contributed by atoms with Gasteiger partial charge < -0.3 is 14.5 Å². The number of fused-ring (bicyclic) bond motifs is 2. The molecule has 2 aromatic carbocycles. The Balaban J connectivity index is 1.84. The summed E-state index contributed by atoms with van der Waals surface area (Å²) < 4.78 is 12.0. The molecule has 3 aromatic rings. The van der Waals surface area contributed by atoms with Gasteiger partial charge in [-0.05, 0) is 28.1 Å². The van der Waals surface area contributed by atoms with Crippen LogP contribution in [0.4, 0.5) is 0 Å². The normalized spacial score (nSPS) is 13.6. The van der Waals surface area contributed by atoms with E-state index in [0.29, 0.717) is 18.2 Å². The van der Waals surface area contributed by atoms with Gasteiger partial charge in [0.1, 0.15) is 19.0 Å². The van der Waals surface area contributed by atoms with E-state index in [1.54, 1.807) is 0 Å². The minimum absolute atomic E-state index is 0.568. The number of ether oxygens (including phenoxy) is 2. The second-order valence-electron chi connectivity index (χ2n) is 4.73. The molecule has 21 heavy (non-hydrogen) atoms. The van der Waals surface area contributed by atoms with Crippen LogP contribution in [0.5, 0.6) is 11.5 Å². The van der Waals surface area contributed by atoms with Gasteiger partial charge in [-0.1, -0.05) is 17.7 Å². The molecule has 0 unspecified atom stereocenters. The van der Waals surface area contributed by atoms with Gasteiger partial charge in [-0.3, -0.25) is 0 Å². The lowest BCUT2D eigenvalue weighted by Crippen LogP contribution is -2.15. The smallest absolute Gasteiger partial charge is 0.163 e. The van der Waals surface area contributed by atoms with E-state index in [9.17, 15) is 0 Å². The minimum atomic E-state index is 0.568. The highest BCUT2D eigenvalue weighted by molar-refractivity contribution is 9.10. The molecule has 0 fully saturated rings. The Kier molecular flexibility index (Phi) is 3.05. The molecule has 106 valence electrons. The van der Waals surface area contributed by atoms with Crippen LogP contribution in [-0.4, -0.2) is 23.2 Å². The zero-order valence-electron chi connectivity index (χ0n) is 10.8. The van der Waals surface area contributed by atoms with Crippen LogP contribution in [0.1, 0.15) is 0 Å². The van der Waals surface area contributed by atoms with Crippen LogP contribution in [0.2, 0.25) is 5.02 Å². The van der Waals surface area contributed by atoms with Crippen molar-refractivity contribution in [2.45, 2.75) is 0 Å². The van der Waals surface area contributed by atoms with E-state index in [-0.39, 0.29) is 0 Å². The summed E-state index contributed by atoms with van der Waals surface area (Å²) >= 11 is 9.52. The third-order valence-corrected chi connectivity index (χ3v) is 4.57. The molecule has 1 aliphatic heterocycles. The second-order valence-corrected chi connectivity index (χ2v) is 5.99. The van der Waals surface area contributed by atoms with E-state index in [1.807, 2.05) is 30.3 Å². The maximum atomic E-state index is 6.14. The molecule has 1 N–H and O–H groups in total. The van der Waals surface area contributed by atoms with E-state index in [0.717, 1.165) is 38.4 Å². The topological polar surface area (TPSA) is 47.1 Å². The highest BCUT2D eigenvalue weighted by Gasteiger charge is 2.15. The highest BCUT2D eigenvalue weighted by atomic mass is 79.9. The van der Waals surface area contributed by atoms with Crippen molar-refractivity contribution in [3.8, 4) is 22.9 Å². The average Bonchev–Trinajstić information content (AvgIpc) is 2.90. The van der Waals surface area contributed by atoms with E-state index in [4.69, 9.17) is 21.1 Å². The summed E-state index contributed by atoms with van der Waals surface area (Å²) in [6, 6.07) is 9.55. The number of halogens is 2. The van der Waals surface area contributed by atoms with Crippen LogP contribution in [0.15, 0.2) is 34.8 Å². The molecule has 1 aliphatic rings. The first-order valence-corrected chi connectivity index (χ1v) is 7.62. The maximum Gasteiger partial charge on any atom is 0.163 e. The lowest BCUT2D eigenvalue weighted by molar-refractivity contribution is 0.172. The van der Waals surface area contributed by atoms with Gasteiger partial charge in [-0.25, -0.2) is 4.98 Å². The summed E-state index contributed by atoms with van der Waals surface area (Å²) in [5, 5.41) is 0.652. The number of nitrogens with zero attached hydrogens (tertiary/aromatic N) is 1. The molecule has 6 heteroatoms. The molecular weight excluding hydrogens is 356 g/mol. The third kappa shape index (κ3) is 2.26. The van der Waals surface area contributed by atoms with Crippen molar-refractivity contribution in [2.24, 2.45) is 0 Å². The SMILES string of the molecule is Clc1cc(-c2nc3cc4c(cc3[nH]2)OCCO4)ccc1Br. The number of rotatable bonds is 1. The van der Waals surface area contributed by atoms with Gasteiger partial charge in [0.15, 0.2) is 11.5 Å². The molecule has 0 bridgehead atoms. The monoisotopic (exact) mass is 364 g/mol. The largest absolute Gasteiger partial charge is 0.486 e. The van der Waals surface area contributed by atoms with Crippen molar-refractivity contribution >= 4 is 38.6 Å². The summed E-state index contributed by atoms with van der Waals surface area (Å²) in [6.07, 6.45) is 0. The molecule has 0 amide bonds. The molecular formula is C15H10BrClN2O2. The second kappa shape index (κ2) is 4.93. The fourth-order valence-electron chi connectivity index (χ4n) is 2.33. The van der Waals surface area contributed by atoms with Gasteiger partial charge >= 0.3 is 0 Å². The van der Waals surface area contributed by atoms with E-state index >= 15 is 0 Å². The van der Waals surface area contributed by atoms with Gasteiger partial charge in [0, 0.05) is 22.2 Å². The van der Waals surface area contributed by atoms with Crippen molar-refractivity contribution in [2.75, 3.05) is 13.2 Å². The summed E-state index contributed by atoms with van der Waals surface area (Å²) in [5.74, 6) is 2.25. The molecule has 0 saturated carbocycles. The zero-order chi connectivity index (χ0) is 14.4. The number of imidazole rings is 1. The summed E-state index contributed by atoms with van der Waals surface area (Å²) in [5.41, 5.74) is 2.68. The number of H-pyrrole nitrogens is 1. The Morgan fingerprint density at radius 2 is 1.86 bits per heavy atom. The predicted molar refractivity (Wildman–Crippen MR) is 85.2 cm³/mol. The van der Waals surface area contributed by atoms with E-state index < -0.39 is 0 Å². The van der Waals surface area contributed by atoms with Crippen molar-refractivity contribution in [1.29, 1.82) is 0 Å². The van der Waals surface area contributed by atoms with Gasteiger partial charge in [-0.2, -0.15) is 0 Å². The van der Waals surface area contributed by atoms with Gasteiger partial charge in [0.25, 0.3) is 0 Å². The number of benzene rings is 2. The molecule has 4 nitrogen and oxygen atoms in total. The lowest BCUT2D eigenvalue weighted by Gasteiger charge is -2.17. The first kappa shape index (κ1) is 13.0. The first-order valence-electron chi connectivity index (χ1n) is 6.45. The van der Waals surface area contributed by atoms with Crippen LogP contribution in [0.25, 0.3) is 22.4 Å². The molecule has 2 heterocycles. The van der Waals surface area contributed by atoms with Crippen molar-refractivity contribution in [3.05, 3.63) is 39.8 Å². The standard InChI is InChI=1S/C15H10BrClN2O2/c16-9-2-1-8(5-10(9)17)15-18-11-6-13-14(7-12(11)19-15)21-4-3-20-13/h1-2,5-7H,3-4H2,(H,18,19). The molecule has 0 aliphatic carbocycles. The lowest BCUT2D eigenvalue weighted by atomic mass is 10.2. The summed E-state index contributed by atoms with van der Waals surface area (Å²) in [7, 11) is 0. The minimum Gasteiger partial charge on any atom is -0.486 e. The maximum absolute atomic E-state index is 6.14. The van der Waals surface area contributed by atoms with Crippen LogP contribution < -0.4 is 9.47 Å². The average molecular weight is 366 g/mol. The van der Waals surface area contributed by atoms with Gasteiger partial charge in [-0.15, -0.1) is 0 Å². The fraction of sp³-hybridized carbons (Fsp3) is 0.133. The Labute approximate surface area is 134 Å². The van der Waals surface area contributed by atoms with Gasteiger partial charge in [0.05, 0.1) is 16.1 Å². The van der Waals surface area contributed by atoms with Crippen molar-refractivity contribution < 1.29 is 9.47 Å². The van der Waals surface area contributed by atoms with Crippen LogP contribution in [-0.2, 0) is 0 Å². The molecule has 0 spiro atoms. The fourth-order valence-corrected chi connectivity index (χ4v) is 2.75. The van der Waals surface area contributed by atoms with E-state index in [2.05, 4.69) is 25.9 Å². The van der Waals surface area contributed by atoms with Crippen LogP contribution >= 0.6 is 27.5 Å². The van der Waals surface area contributed by atoms with E-state index in [1.165, 1.54) is 0 Å². The number of hydrogen-bond acceptors (Lipinski definition) is 3. The van der Waals surface area contributed by atoms with Crippen LogP contribution in [0, 0.1) is 0 Å². The highest BCUT2D eigenvalue weighted by Crippen LogP contribution is 2.35. The Bertz CT molecular complexity index is 804. The zero-order valence-corrected chi connectivity index (χ0v) is 13.2. The number of aromatic nitrogens is 2. The number of aromatic amines is 1. The summed E-state index contributed by atoms with van der Waals surface area (Å²) in [6.45, 7) is 1.14. The number of nitrogens with one attached hydrogen (secondary N) is 1. The Morgan fingerprint density at radius 3 is 2.62 bits per heavy atom. The number of hydrogen-bond donors (Lipinski definition) is 1. The predicted octanol–water partition coefficient (Wildman–Crippen LogP) is 4.42. The molecule has 0 radical (unpaired) electrons. The third-order valence-electron chi connectivity index (χ3n) is 3.34. The first-order chi connectivity index (χ1) is 10.2. The van der Waals surface area contributed by atoms with Crippen molar-refractivity contribution in [1.82, 2.24) is 9.97 Å². The Hall–Kier alpha value is -1.72. The molecule has 0 atom stereocenters.